The van der Waals surface area contributed by atoms with Crippen molar-refractivity contribution in [1.82, 2.24) is 4.98 Å². The van der Waals surface area contributed by atoms with Gasteiger partial charge in [-0.2, -0.15) is 13.2 Å². The van der Waals surface area contributed by atoms with Crippen LogP contribution < -0.4 is 15.2 Å². The molecule has 0 aliphatic carbocycles. The summed E-state index contributed by atoms with van der Waals surface area (Å²) in [4.78, 5) is 3.95. The Balaban J connectivity index is 2.06. The first-order valence-corrected chi connectivity index (χ1v) is 6.18. The Kier molecular flexibility index (Phi) is 3.12. The lowest BCUT2D eigenvalue weighted by molar-refractivity contribution is -0.137. The smallest absolute Gasteiger partial charge is 0.416 e. The van der Waals surface area contributed by atoms with Gasteiger partial charge in [0.1, 0.15) is 19.0 Å². The van der Waals surface area contributed by atoms with Gasteiger partial charge in [0.05, 0.1) is 11.3 Å². The van der Waals surface area contributed by atoms with Crippen molar-refractivity contribution in [2.75, 3.05) is 18.9 Å². The van der Waals surface area contributed by atoms with Crippen LogP contribution in [0.5, 0.6) is 11.5 Å². The summed E-state index contributed by atoms with van der Waals surface area (Å²) >= 11 is 0. The molecular formula is C14H11F3N2O2. The van der Waals surface area contributed by atoms with Gasteiger partial charge in [-0.1, -0.05) is 0 Å². The van der Waals surface area contributed by atoms with Crippen LogP contribution >= 0.6 is 0 Å². The summed E-state index contributed by atoms with van der Waals surface area (Å²) in [6, 6.07) is 6.62. The maximum atomic E-state index is 12.8. The zero-order chi connectivity index (χ0) is 15.0. The first-order chi connectivity index (χ1) is 9.93. The van der Waals surface area contributed by atoms with Gasteiger partial charge in [0, 0.05) is 5.56 Å². The highest BCUT2D eigenvalue weighted by molar-refractivity contribution is 5.66. The van der Waals surface area contributed by atoms with Crippen molar-refractivity contribution in [2.45, 2.75) is 6.18 Å². The van der Waals surface area contributed by atoms with Gasteiger partial charge in [0.25, 0.3) is 0 Å². The van der Waals surface area contributed by atoms with Crippen molar-refractivity contribution >= 4 is 5.82 Å². The van der Waals surface area contributed by atoms with Crippen LogP contribution in [0.25, 0.3) is 11.3 Å². The summed E-state index contributed by atoms with van der Waals surface area (Å²) in [7, 11) is 0. The number of hydrogen-bond donors (Lipinski definition) is 1. The molecule has 0 spiro atoms. The van der Waals surface area contributed by atoms with Gasteiger partial charge < -0.3 is 15.2 Å². The van der Waals surface area contributed by atoms with Crippen molar-refractivity contribution < 1.29 is 22.6 Å². The van der Waals surface area contributed by atoms with E-state index in [-0.39, 0.29) is 11.5 Å². The van der Waals surface area contributed by atoms with Crippen LogP contribution in [0.2, 0.25) is 0 Å². The minimum Gasteiger partial charge on any atom is -0.486 e. The van der Waals surface area contributed by atoms with Crippen LogP contribution in [0.15, 0.2) is 30.3 Å². The van der Waals surface area contributed by atoms with Gasteiger partial charge in [-0.3, -0.25) is 0 Å². The zero-order valence-electron chi connectivity index (χ0n) is 10.8. The predicted octanol–water partition coefficient (Wildman–Crippen LogP) is 3.12. The first-order valence-electron chi connectivity index (χ1n) is 6.18. The third kappa shape index (κ3) is 2.72. The van der Waals surface area contributed by atoms with E-state index in [0.717, 1.165) is 12.1 Å². The van der Waals surface area contributed by atoms with E-state index in [0.29, 0.717) is 30.3 Å². The van der Waals surface area contributed by atoms with Crippen LogP contribution in [-0.2, 0) is 6.18 Å². The number of hydrogen-bond acceptors (Lipinski definition) is 4. The molecule has 0 atom stereocenters. The summed E-state index contributed by atoms with van der Waals surface area (Å²) in [5, 5.41) is 0. The molecule has 1 aromatic heterocycles. The van der Waals surface area contributed by atoms with E-state index in [2.05, 4.69) is 4.98 Å². The number of nitrogen functional groups attached to an aromatic ring is 1. The van der Waals surface area contributed by atoms with Crippen LogP contribution in [0.4, 0.5) is 19.0 Å². The number of rotatable bonds is 1. The molecule has 110 valence electrons. The number of halogens is 3. The molecule has 3 rings (SSSR count). The maximum absolute atomic E-state index is 12.8. The molecule has 2 N–H and O–H groups in total. The largest absolute Gasteiger partial charge is 0.486 e. The van der Waals surface area contributed by atoms with Gasteiger partial charge in [0.15, 0.2) is 11.5 Å². The molecule has 0 saturated heterocycles. The Bertz CT molecular complexity index is 686. The Morgan fingerprint density at radius 3 is 2.43 bits per heavy atom. The van der Waals surface area contributed by atoms with Crippen molar-refractivity contribution in [3.8, 4) is 22.8 Å². The highest BCUT2D eigenvalue weighted by atomic mass is 19.4. The number of alkyl halides is 3. The number of benzene rings is 1. The van der Waals surface area contributed by atoms with E-state index in [9.17, 15) is 13.2 Å². The third-order valence-electron chi connectivity index (χ3n) is 3.01. The second kappa shape index (κ2) is 4.83. The Morgan fingerprint density at radius 1 is 1.00 bits per heavy atom. The van der Waals surface area contributed by atoms with Crippen LogP contribution in [-0.4, -0.2) is 18.2 Å². The molecule has 1 aliphatic heterocycles. The van der Waals surface area contributed by atoms with E-state index < -0.39 is 11.7 Å². The SMILES string of the molecule is Nc1cc(C(F)(F)F)cc(-c2ccc3c(c2)OCCO3)n1. The molecule has 1 aliphatic rings. The summed E-state index contributed by atoms with van der Waals surface area (Å²) < 4.78 is 49.2. The summed E-state index contributed by atoms with van der Waals surface area (Å²) in [5.41, 5.74) is 5.25. The molecule has 1 aromatic carbocycles. The fraction of sp³-hybridized carbons (Fsp3) is 0.214. The average Bonchev–Trinajstić information content (AvgIpc) is 2.45. The van der Waals surface area contributed by atoms with Crippen molar-refractivity contribution in [3.05, 3.63) is 35.9 Å². The monoisotopic (exact) mass is 296 g/mol. The molecule has 0 bridgehead atoms. The number of anilines is 1. The van der Waals surface area contributed by atoms with Crippen molar-refractivity contribution in [2.24, 2.45) is 0 Å². The van der Waals surface area contributed by atoms with Crippen LogP contribution in [0, 0.1) is 0 Å². The molecule has 4 nitrogen and oxygen atoms in total. The van der Waals surface area contributed by atoms with Gasteiger partial charge in [-0.25, -0.2) is 4.98 Å². The van der Waals surface area contributed by atoms with E-state index in [4.69, 9.17) is 15.2 Å². The molecule has 0 amide bonds. The maximum Gasteiger partial charge on any atom is 0.416 e. The number of fused-ring (bicyclic) bond motifs is 1. The van der Waals surface area contributed by atoms with Crippen LogP contribution in [0.1, 0.15) is 5.56 Å². The number of ether oxygens (including phenoxy) is 2. The molecular weight excluding hydrogens is 285 g/mol. The quantitative estimate of drug-likeness (QED) is 0.878. The van der Waals surface area contributed by atoms with E-state index in [1.807, 2.05) is 0 Å². The molecule has 21 heavy (non-hydrogen) atoms. The number of nitrogens with two attached hydrogens (primary N) is 1. The molecule has 7 heteroatoms. The topological polar surface area (TPSA) is 57.4 Å². The van der Waals surface area contributed by atoms with Gasteiger partial charge in [-0.15, -0.1) is 0 Å². The van der Waals surface area contributed by atoms with Crippen LogP contribution in [0.3, 0.4) is 0 Å². The molecule has 0 unspecified atom stereocenters. The van der Waals surface area contributed by atoms with Gasteiger partial charge in [-0.05, 0) is 30.3 Å². The number of pyridine rings is 1. The summed E-state index contributed by atoms with van der Waals surface area (Å²) in [6.07, 6.45) is -4.47. The highest BCUT2D eigenvalue weighted by Crippen LogP contribution is 2.36. The van der Waals surface area contributed by atoms with E-state index in [1.54, 1.807) is 18.2 Å². The second-order valence-electron chi connectivity index (χ2n) is 4.52. The second-order valence-corrected chi connectivity index (χ2v) is 4.52. The van der Waals surface area contributed by atoms with Gasteiger partial charge in [0.2, 0.25) is 0 Å². The summed E-state index contributed by atoms with van der Waals surface area (Å²) in [5.74, 6) is 0.858. The van der Waals surface area contributed by atoms with E-state index >= 15 is 0 Å². The van der Waals surface area contributed by atoms with E-state index in [1.165, 1.54) is 0 Å². The molecule has 0 radical (unpaired) electrons. The third-order valence-corrected chi connectivity index (χ3v) is 3.01. The zero-order valence-corrected chi connectivity index (χ0v) is 10.8. The molecule has 2 aromatic rings. The Hall–Kier alpha value is -2.44. The fourth-order valence-electron chi connectivity index (χ4n) is 2.07. The number of nitrogens with zero attached hydrogens (tertiary/aromatic N) is 1. The van der Waals surface area contributed by atoms with Gasteiger partial charge >= 0.3 is 6.18 Å². The predicted molar refractivity (Wildman–Crippen MR) is 70.1 cm³/mol. The lowest BCUT2D eigenvalue weighted by atomic mass is 10.1. The molecule has 0 fully saturated rings. The molecule has 2 heterocycles. The Morgan fingerprint density at radius 2 is 1.71 bits per heavy atom. The fourth-order valence-corrected chi connectivity index (χ4v) is 2.07. The van der Waals surface area contributed by atoms with Crippen molar-refractivity contribution in [3.63, 3.8) is 0 Å². The highest BCUT2D eigenvalue weighted by Gasteiger charge is 2.31. The summed E-state index contributed by atoms with van der Waals surface area (Å²) in [6.45, 7) is 0.843. The standard InChI is InChI=1S/C14H11F3N2O2/c15-14(16,17)9-6-10(19-13(18)7-9)8-1-2-11-12(5-8)21-4-3-20-11/h1-2,5-7H,3-4H2,(H2,18,19). The lowest BCUT2D eigenvalue weighted by Gasteiger charge is -2.19. The molecule has 0 saturated carbocycles. The average molecular weight is 296 g/mol. The Labute approximate surface area is 118 Å². The minimum atomic E-state index is -4.47. The number of aromatic nitrogens is 1. The normalized spacial score (nSPS) is 14.0. The first kappa shape index (κ1) is 13.5. The lowest BCUT2D eigenvalue weighted by Crippen LogP contribution is -2.15. The minimum absolute atomic E-state index is 0.138. The van der Waals surface area contributed by atoms with Crippen molar-refractivity contribution in [1.29, 1.82) is 0 Å².